The lowest BCUT2D eigenvalue weighted by Gasteiger charge is -2.24. The number of carbonyl (C=O) groups is 2. The first kappa shape index (κ1) is 14.3. The van der Waals surface area contributed by atoms with Gasteiger partial charge in [0, 0.05) is 30.9 Å². The molecule has 0 aliphatic heterocycles. The molecule has 1 saturated carbocycles. The van der Waals surface area contributed by atoms with Crippen LogP contribution < -0.4 is 5.32 Å². The molecule has 8 heteroatoms. The van der Waals surface area contributed by atoms with Gasteiger partial charge in [0.2, 0.25) is 0 Å². The molecule has 2 amide bonds. The SMILES string of the molecule is O=C(O)[C@H](Cc1cnc[nH]1)NC(=O)N(CCO)C1CC1. The first-order valence-corrected chi connectivity index (χ1v) is 6.50. The first-order valence-electron chi connectivity index (χ1n) is 6.50. The summed E-state index contributed by atoms with van der Waals surface area (Å²) in [7, 11) is 0. The van der Waals surface area contributed by atoms with Crippen molar-refractivity contribution in [2.45, 2.75) is 31.3 Å². The third-order valence-corrected chi connectivity index (χ3v) is 3.16. The standard InChI is InChI=1S/C12H18N4O4/c17-4-3-16(9-1-2-9)12(20)15-10(11(18)19)5-8-6-13-7-14-8/h6-7,9-10,17H,1-5H2,(H,13,14)(H,15,20)(H,18,19)/t10-/m0/s1. The average molecular weight is 282 g/mol. The van der Waals surface area contributed by atoms with Crippen molar-refractivity contribution in [1.29, 1.82) is 0 Å². The maximum atomic E-state index is 12.1. The fraction of sp³-hybridized carbons (Fsp3) is 0.583. The molecule has 8 nitrogen and oxygen atoms in total. The molecule has 4 N–H and O–H groups in total. The molecular formula is C12H18N4O4. The van der Waals surface area contributed by atoms with Crippen LogP contribution in [-0.2, 0) is 11.2 Å². The number of amides is 2. The van der Waals surface area contributed by atoms with E-state index in [1.807, 2.05) is 0 Å². The van der Waals surface area contributed by atoms with Crippen LogP contribution in [-0.4, -0.2) is 62.3 Å². The molecule has 0 bridgehead atoms. The van der Waals surface area contributed by atoms with E-state index in [1.54, 1.807) is 0 Å². The summed E-state index contributed by atoms with van der Waals surface area (Å²) >= 11 is 0. The van der Waals surface area contributed by atoms with Crippen LogP contribution in [0.4, 0.5) is 4.79 Å². The van der Waals surface area contributed by atoms with Crippen molar-refractivity contribution in [2.24, 2.45) is 0 Å². The molecule has 0 aromatic carbocycles. The molecule has 110 valence electrons. The highest BCUT2D eigenvalue weighted by atomic mass is 16.4. The van der Waals surface area contributed by atoms with E-state index in [-0.39, 0.29) is 25.6 Å². The molecule has 1 aromatic rings. The van der Waals surface area contributed by atoms with E-state index in [0.29, 0.717) is 5.69 Å². The third kappa shape index (κ3) is 3.70. The highest BCUT2D eigenvalue weighted by molar-refractivity contribution is 5.83. The lowest BCUT2D eigenvalue weighted by molar-refractivity contribution is -0.139. The van der Waals surface area contributed by atoms with Gasteiger partial charge in [0.25, 0.3) is 0 Å². The molecule has 0 spiro atoms. The van der Waals surface area contributed by atoms with E-state index >= 15 is 0 Å². The number of carboxylic acid groups (broad SMARTS) is 1. The zero-order valence-corrected chi connectivity index (χ0v) is 11.0. The summed E-state index contributed by atoms with van der Waals surface area (Å²) in [6.45, 7) is 0.0785. The van der Waals surface area contributed by atoms with E-state index in [2.05, 4.69) is 15.3 Å². The monoisotopic (exact) mass is 282 g/mol. The molecule has 2 rings (SSSR count). The van der Waals surface area contributed by atoms with Gasteiger partial charge >= 0.3 is 12.0 Å². The van der Waals surface area contributed by atoms with Crippen LogP contribution in [0.2, 0.25) is 0 Å². The van der Waals surface area contributed by atoms with Gasteiger partial charge in [0.15, 0.2) is 0 Å². The Bertz CT molecular complexity index is 458. The van der Waals surface area contributed by atoms with Crippen molar-refractivity contribution in [1.82, 2.24) is 20.2 Å². The number of aromatic amines is 1. The van der Waals surface area contributed by atoms with Gasteiger partial charge in [-0.2, -0.15) is 0 Å². The summed E-state index contributed by atoms with van der Waals surface area (Å²) in [4.78, 5) is 31.4. The smallest absolute Gasteiger partial charge is 0.326 e. The number of hydrogen-bond donors (Lipinski definition) is 4. The van der Waals surface area contributed by atoms with Crippen LogP contribution in [0.3, 0.4) is 0 Å². The Balaban J connectivity index is 1.96. The summed E-state index contributed by atoms with van der Waals surface area (Å²) in [5.74, 6) is -1.10. The van der Waals surface area contributed by atoms with Crippen LogP contribution in [0.1, 0.15) is 18.5 Å². The number of carbonyl (C=O) groups excluding carboxylic acids is 1. The number of urea groups is 1. The molecule has 1 fully saturated rings. The topological polar surface area (TPSA) is 119 Å². The van der Waals surface area contributed by atoms with Gasteiger partial charge in [-0.25, -0.2) is 14.6 Å². The number of aromatic nitrogens is 2. The van der Waals surface area contributed by atoms with Crippen molar-refractivity contribution in [3.63, 3.8) is 0 Å². The van der Waals surface area contributed by atoms with E-state index in [1.165, 1.54) is 17.4 Å². The number of carboxylic acids is 1. The van der Waals surface area contributed by atoms with Gasteiger partial charge in [-0.1, -0.05) is 0 Å². The highest BCUT2D eigenvalue weighted by Gasteiger charge is 2.34. The van der Waals surface area contributed by atoms with Crippen LogP contribution in [0, 0.1) is 0 Å². The molecular weight excluding hydrogens is 264 g/mol. The number of imidazole rings is 1. The molecule has 1 aliphatic carbocycles. The summed E-state index contributed by atoms with van der Waals surface area (Å²) in [6, 6.07) is -1.36. The van der Waals surface area contributed by atoms with E-state index in [9.17, 15) is 9.59 Å². The van der Waals surface area contributed by atoms with E-state index in [4.69, 9.17) is 10.2 Å². The molecule has 1 aliphatic rings. The van der Waals surface area contributed by atoms with Crippen LogP contribution in [0.25, 0.3) is 0 Å². The number of aliphatic hydroxyl groups is 1. The molecule has 1 heterocycles. The number of H-pyrrole nitrogens is 1. The van der Waals surface area contributed by atoms with Gasteiger partial charge in [0.05, 0.1) is 12.9 Å². The molecule has 1 atom stereocenters. The minimum atomic E-state index is -1.10. The zero-order chi connectivity index (χ0) is 14.5. The Labute approximate surface area is 115 Å². The van der Waals surface area contributed by atoms with Crippen LogP contribution in [0.5, 0.6) is 0 Å². The predicted octanol–water partition coefficient (Wildman–Crippen LogP) is -0.428. The normalized spacial score (nSPS) is 15.7. The Hall–Kier alpha value is -2.09. The quantitative estimate of drug-likeness (QED) is 0.541. The van der Waals surface area contributed by atoms with Crippen LogP contribution >= 0.6 is 0 Å². The van der Waals surface area contributed by atoms with Gasteiger partial charge < -0.3 is 25.4 Å². The second-order valence-electron chi connectivity index (χ2n) is 4.77. The largest absolute Gasteiger partial charge is 0.480 e. The number of rotatable bonds is 7. The second kappa shape index (κ2) is 6.38. The predicted molar refractivity (Wildman–Crippen MR) is 69.1 cm³/mol. The molecule has 0 saturated heterocycles. The van der Waals surface area contributed by atoms with Gasteiger partial charge in [-0.05, 0) is 12.8 Å². The Morgan fingerprint density at radius 1 is 1.55 bits per heavy atom. The molecule has 1 aromatic heterocycles. The van der Waals surface area contributed by atoms with Crippen molar-refractivity contribution in [3.05, 3.63) is 18.2 Å². The van der Waals surface area contributed by atoms with Crippen molar-refractivity contribution in [3.8, 4) is 0 Å². The molecule has 20 heavy (non-hydrogen) atoms. The Kier molecular flexibility index (Phi) is 4.57. The van der Waals surface area contributed by atoms with E-state index < -0.39 is 18.0 Å². The molecule has 0 radical (unpaired) electrons. The maximum Gasteiger partial charge on any atom is 0.326 e. The van der Waals surface area contributed by atoms with Crippen molar-refractivity contribution in [2.75, 3.05) is 13.2 Å². The van der Waals surface area contributed by atoms with Crippen molar-refractivity contribution >= 4 is 12.0 Å². The Morgan fingerprint density at radius 2 is 2.30 bits per heavy atom. The van der Waals surface area contributed by atoms with E-state index in [0.717, 1.165) is 12.8 Å². The fourth-order valence-electron chi connectivity index (χ4n) is 1.99. The van der Waals surface area contributed by atoms with Gasteiger partial charge in [-0.15, -0.1) is 0 Å². The summed E-state index contributed by atoms with van der Waals surface area (Å²) in [5, 5.41) is 20.6. The maximum absolute atomic E-state index is 12.1. The van der Waals surface area contributed by atoms with Crippen LogP contribution in [0.15, 0.2) is 12.5 Å². The van der Waals surface area contributed by atoms with Gasteiger partial charge in [-0.3, -0.25) is 0 Å². The number of nitrogens with one attached hydrogen (secondary N) is 2. The number of aliphatic hydroxyl groups excluding tert-OH is 1. The highest BCUT2D eigenvalue weighted by Crippen LogP contribution is 2.26. The number of hydrogen-bond acceptors (Lipinski definition) is 4. The summed E-state index contributed by atoms with van der Waals surface area (Å²) in [6.07, 6.45) is 4.91. The second-order valence-corrected chi connectivity index (χ2v) is 4.77. The van der Waals surface area contributed by atoms with Gasteiger partial charge in [0.1, 0.15) is 6.04 Å². The molecule has 0 unspecified atom stereocenters. The number of aliphatic carboxylic acids is 1. The zero-order valence-electron chi connectivity index (χ0n) is 11.0. The minimum Gasteiger partial charge on any atom is -0.480 e. The third-order valence-electron chi connectivity index (χ3n) is 3.16. The summed E-state index contributed by atoms with van der Waals surface area (Å²) < 4.78 is 0. The average Bonchev–Trinajstić information content (AvgIpc) is 3.12. The first-order chi connectivity index (χ1) is 9.61. The van der Waals surface area contributed by atoms with Crippen molar-refractivity contribution < 1.29 is 19.8 Å². The summed E-state index contributed by atoms with van der Waals surface area (Å²) in [5.41, 5.74) is 0.637. The Morgan fingerprint density at radius 3 is 2.80 bits per heavy atom. The fourth-order valence-corrected chi connectivity index (χ4v) is 1.99. The minimum absolute atomic E-state index is 0.115. The number of nitrogens with zero attached hydrogens (tertiary/aromatic N) is 2. The lowest BCUT2D eigenvalue weighted by Crippen LogP contribution is -2.50. The lowest BCUT2D eigenvalue weighted by atomic mass is 10.1.